The Kier molecular flexibility index (Phi) is 7.13. The van der Waals surface area contributed by atoms with E-state index in [0.29, 0.717) is 17.2 Å². The zero-order chi connectivity index (χ0) is 22.4. The van der Waals surface area contributed by atoms with Crippen molar-refractivity contribution in [2.45, 2.75) is 31.2 Å². The predicted molar refractivity (Wildman–Crippen MR) is 125 cm³/mol. The molecule has 1 atom stereocenters. The lowest BCUT2D eigenvalue weighted by molar-refractivity contribution is 0.0932. The maximum absolute atomic E-state index is 13.0. The maximum atomic E-state index is 13.0. The summed E-state index contributed by atoms with van der Waals surface area (Å²) >= 11 is 0. The standard InChI is InChI=1S/C25H28N2O3S/c1-19(2)17-24(20-11-6-4-7-12-20)26-25(28)21-13-10-14-22(18-21)27(3)31(29,30)23-15-8-5-9-16-23/h4-16,18-19,24H,17H2,1-3H3,(H,26,28)/t24-/m0/s1. The number of benzene rings is 3. The van der Waals surface area contributed by atoms with E-state index in [1.54, 1.807) is 54.6 Å². The quantitative estimate of drug-likeness (QED) is 0.539. The van der Waals surface area contributed by atoms with Crippen LogP contribution in [0.3, 0.4) is 0 Å². The summed E-state index contributed by atoms with van der Waals surface area (Å²) in [7, 11) is -2.22. The van der Waals surface area contributed by atoms with Crippen molar-refractivity contribution in [3.8, 4) is 0 Å². The molecule has 0 aliphatic rings. The van der Waals surface area contributed by atoms with Gasteiger partial charge in [0.05, 0.1) is 16.6 Å². The van der Waals surface area contributed by atoms with Crippen molar-refractivity contribution in [1.29, 1.82) is 0 Å². The second kappa shape index (κ2) is 9.79. The number of amides is 1. The molecule has 3 rings (SSSR count). The van der Waals surface area contributed by atoms with E-state index >= 15 is 0 Å². The van der Waals surface area contributed by atoms with E-state index in [1.165, 1.54) is 11.4 Å². The molecule has 0 saturated heterocycles. The fraction of sp³-hybridized carbons (Fsp3) is 0.240. The number of sulfonamides is 1. The summed E-state index contributed by atoms with van der Waals surface area (Å²) in [6.45, 7) is 4.23. The molecule has 3 aromatic rings. The van der Waals surface area contributed by atoms with Crippen molar-refractivity contribution < 1.29 is 13.2 Å². The molecule has 1 N–H and O–H groups in total. The Bertz CT molecular complexity index is 1110. The zero-order valence-corrected chi connectivity index (χ0v) is 18.8. The van der Waals surface area contributed by atoms with Crippen LogP contribution in [0.5, 0.6) is 0 Å². The van der Waals surface area contributed by atoms with E-state index in [4.69, 9.17) is 0 Å². The fourth-order valence-electron chi connectivity index (χ4n) is 3.41. The lowest BCUT2D eigenvalue weighted by atomic mass is 9.96. The van der Waals surface area contributed by atoms with Crippen molar-refractivity contribution in [2.24, 2.45) is 5.92 Å². The average molecular weight is 437 g/mol. The molecule has 0 fully saturated rings. The lowest BCUT2D eigenvalue weighted by Crippen LogP contribution is -2.30. The third-order valence-corrected chi connectivity index (χ3v) is 6.89. The van der Waals surface area contributed by atoms with E-state index in [2.05, 4.69) is 19.2 Å². The Morgan fingerprint density at radius 2 is 1.52 bits per heavy atom. The Morgan fingerprint density at radius 3 is 2.13 bits per heavy atom. The molecule has 0 spiro atoms. The van der Waals surface area contributed by atoms with Gasteiger partial charge in [-0.3, -0.25) is 9.10 Å². The van der Waals surface area contributed by atoms with Crippen LogP contribution in [0.25, 0.3) is 0 Å². The van der Waals surface area contributed by atoms with Crippen LogP contribution in [-0.4, -0.2) is 21.4 Å². The van der Waals surface area contributed by atoms with Gasteiger partial charge in [-0.2, -0.15) is 0 Å². The van der Waals surface area contributed by atoms with Gasteiger partial charge in [0.25, 0.3) is 15.9 Å². The molecule has 162 valence electrons. The van der Waals surface area contributed by atoms with Gasteiger partial charge < -0.3 is 5.32 Å². The smallest absolute Gasteiger partial charge is 0.264 e. The number of hydrogen-bond acceptors (Lipinski definition) is 3. The van der Waals surface area contributed by atoms with E-state index < -0.39 is 10.0 Å². The summed E-state index contributed by atoms with van der Waals surface area (Å²) in [6, 6.07) is 24.7. The van der Waals surface area contributed by atoms with Gasteiger partial charge in [-0.1, -0.05) is 68.4 Å². The van der Waals surface area contributed by atoms with Crippen LogP contribution in [-0.2, 0) is 10.0 Å². The summed E-state index contributed by atoms with van der Waals surface area (Å²) in [5.74, 6) is 0.167. The van der Waals surface area contributed by atoms with Crippen LogP contribution in [0.2, 0.25) is 0 Å². The van der Waals surface area contributed by atoms with Gasteiger partial charge in [-0.15, -0.1) is 0 Å². The zero-order valence-electron chi connectivity index (χ0n) is 18.0. The molecule has 0 saturated carbocycles. The number of carbonyl (C=O) groups is 1. The number of anilines is 1. The second-order valence-corrected chi connectivity index (χ2v) is 9.87. The first kappa shape index (κ1) is 22.6. The number of rotatable bonds is 8. The molecule has 0 aliphatic heterocycles. The Labute approximate surface area is 184 Å². The van der Waals surface area contributed by atoms with Crippen molar-refractivity contribution >= 4 is 21.6 Å². The van der Waals surface area contributed by atoms with Crippen LogP contribution in [0.15, 0.2) is 89.8 Å². The highest BCUT2D eigenvalue weighted by Gasteiger charge is 2.22. The van der Waals surface area contributed by atoms with E-state index in [0.717, 1.165) is 12.0 Å². The molecular weight excluding hydrogens is 408 g/mol. The van der Waals surface area contributed by atoms with Gasteiger partial charge in [0, 0.05) is 12.6 Å². The summed E-state index contributed by atoms with van der Waals surface area (Å²) in [5.41, 5.74) is 1.89. The number of hydrogen-bond donors (Lipinski definition) is 1. The van der Waals surface area contributed by atoms with Crippen molar-refractivity contribution in [1.82, 2.24) is 5.32 Å². The minimum Gasteiger partial charge on any atom is -0.345 e. The number of carbonyl (C=O) groups excluding carboxylic acids is 1. The van der Waals surface area contributed by atoms with Crippen LogP contribution in [0.4, 0.5) is 5.69 Å². The molecular formula is C25H28N2O3S. The molecule has 6 heteroatoms. The van der Waals surface area contributed by atoms with Gasteiger partial charge in [0.1, 0.15) is 0 Å². The number of nitrogens with one attached hydrogen (secondary N) is 1. The summed E-state index contributed by atoms with van der Waals surface area (Å²) < 4.78 is 27.0. The molecule has 0 unspecified atom stereocenters. The van der Waals surface area contributed by atoms with Gasteiger partial charge in [0.2, 0.25) is 0 Å². The van der Waals surface area contributed by atoms with Gasteiger partial charge >= 0.3 is 0 Å². The molecule has 5 nitrogen and oxygen atoms in total. The monoisotopic (exact) mass is 436 g/mol. The normalized spacial score (nSPS) is 12.4. The van der Waals surface area contributed by atoms with E-state index in [-0.39, 0.29) is 16.8 Å². The largest absolute Gasteiger partial charge is 0.345 e. The summed E-state index contributed by atoms with van der Waals surface area (Å²) in [5, 5.41) is 3.11. The van der Waals surface area contributed by atoms with Crippen LogP contribution >= 0.6 is 0 Å². The van der Waals surface area contributed by atoms with Crippen molar-refractivity contribution in [2.75, 3.05) is 11.4 Å². The van der Waals surface area contributed by atoms with Crippen LogP contribution < -0.4 is 9.62 Å². The SMILES string of the molecule is CC(C)C[C@H](NC(=O)c1cccc(N(C)S(=O)(=O)c2ccccc2)c1)c1ccccc1. The summed E-state index contributed by atoms with van der Waals surface area (Å²) in [6.07, 6.45) is 0.803. The Hall–Kier alpha value is -3.12. The Morgan fingerprint density at radius 1 is 0.903 bits per heavy atom. The van der Waals surface area contributed by atoms with Crippen LogP contribution in [0.1, 0.15) is 42.2 Å². The highest BCUT2D eigenvalue weighted by atomic mass is 32.2. The first-order chi connectivity index (χ1) is 14.8. The van der Waals surface area contributed by atoms with Crippen molar-refractivity contribution in [3.63, 3.8) is 0 Å². The molecule has 0 radical (unpaired) electrons. The molecule has 1 amide bonds. The third kappa shape index (κ3) is 5.52. The minimum absolute atomic E-state index is 0.122. The third-order valence-electron chi connectivity index (χ3n) is 5.09. The highest BCUT2D eigenvalue weighted by Crippen LogP contribution is 2.25. The fourth-order valence-corrected chi connectivity index (χ4v) is 4.62. The molecule has 3 aromatic carbocycles. The first-order valence-electron chi connectivity index (χ1n) is 10.3. The molecule has 31 heavy (non-hydrogen) atoms. The van der Waals surface area contributed by atoms with Gasteiger partial charge in [-0.25, -0.2) is 8.42 Å². The molecule has 0 bridgehead atoms. The predicted octanol–water partition coefficient (Wildman–Crippen LogP) is 5.03. The maximum Gasteiger partial charge on any atom is 0.264 e. The molecule has 0 aliphatic carbocycles. The minimum atomic E-state index is -3.71. The topological polar surface area (TPSA) is 66.5 Å². The van der Waals surface area contributed by atoms with Crippen LogP contribution in [0, 0.1) is 5.92 Å². The van der Waals surface area contributed by atoms with Gasteiger partial charge in [0.15, 0.2) is 0 Å². The summed E-state index contributed by atoms with van der Waals surface area (Å²) in [4.78, 5) is 13.2. The second-order valence-electron chi connectivity index (χ2n) is 7.90. The Balaban J connectivity index is 1.84. The van der Waals surface area contributed by atoms with Crippen molar-refractivity contribution in [3.05, 3.63) is 96.1 Å². The first-order valence-corrected chi connectivity index (χ1v) is 11.7. The molecule has 0 heterocycles. The van der Waals surface area contributed by atoms with E-state index in [9.17, 15) is 13.2 Å². The van der Waals surface area contributed by atoms with Gasteiger partial charge in [-0.05, 0) is 48.2 Å². The number of nitrogens with zero attached hydrogens (tertiary/aromatic N) is 1. The van der Waals surface area contributed by atoms with E-state index in [1.807, 2.05) is 30.3 Å². The lowest BCUT2D eigenvalue weighted by Gasteiger charge is -2.22. The average Bonchev–Trinajstić information content (AvgIpc) is 2.79. The molecule has 0 aromatic heterocycles. The highest BCUT2D eigenvalue weighted by molar-refractivity contribution is 7.92.